The third-order valence-electron chi connectivity index (χ3n) is 4.76. The molecule has 0 saturated carbocycles. The number of hydrogen-bond donors (Lipinski definition) is 0. The van der Waals surface area contributed by atoms with Gasteiger partial charge < -0.3 is 0 Å². The van der Waals surface area contributed by atoms with Crippen molar-refractivity contribution in [2.45, 2.75) is 44.6 Å². The van der Waals surface area contributed by atoms with Crippen molar-refractivity contribution in [3.8, 4) is 0 Å². The highest BCUT2D eigenvalue weighted by Crippen LogP contribution is 2.24. The highest BCUT2D eigenvalue weighted by Gasteiger charge is 2.26. The predicted molar refractivity (Wildman–Crippen MR) is 107 cm³/mol. The number of aromatic nitrogens is 3. The average Bonchev–Trinajstić information content (AvgIpc) is 2.96. The van der Waals surface area contributed by atoms with E-state index in [9.17, 15) is 12.8 Å². The lowest BCUT2D eigenvalue weighted by molar-refractivity contribution is 0.394. The van der Waals surface area contributed by atoms with Crippen LogP contribution in [0.5, 0.6) is 0 Å². The normalized spacial score (nSPS) is 12.2. The highest BCUT2D eigenvalue weighted by molar-refractivity contribution is 7.89. The van der Waals surface area contributed by atoms with Gasteiger partial charge in [0.1, 0.15) is 10.7 Å². The van der Waals surface area contributed by atoms with Crippen molar-refractivity contribution < 1.29 is 12.8 Å². The fraction of sp³-hybridized carbons (Fsp3) is 0.400. The molecule has 0 saturated heterocycles. The maximum absolute atomic E-state index is 13.3. The van der Waals surface area contributed by atoms with Gasteiger partial charge in [0, 0.05) is 31.7 Å². The summed E-state index contributed by atoms with van der Waals surface area (Å²) < 4.78 is 43.0. The zero-order chi connectivity index (χ0) is 20.3. The van der Waals surface area contributed by atoms with E-state index in [0.29, 0.717) is 12.2 Å². The number of nitrogens with zero attached hydrogens (tertiary/aromatic N) is 4. The lowest BCUT2D eigenvalue weighted by Gasteiger charge is -2.22. The van der Waals surface area contributed by atoms with Gasteiger partial charge >= 0.3 is 0 Å². The molecule has 150 valence electrons. The first-order chi connectivity index (χ1) is 13.3. The van der Waals surface area contributed by atoms with Crippen molar-refractivity contribution in [3.05, 3.63) is 53.6 Å². The van der Waals surface area contributed by atoms with E-state index in [1.165, 1.54) is 22.6 Å². The SMILES string of the molecule is CCCCCN(Cc1ccc(F)cc1)S(=O)(=O)c1cnc2c(c1)c(C)nn2C. The van der Waals surface area contributed by atoms with E-state index in [0.717, 1.165) is 35.9 Å². The van der Waals surface area contributed by atoms with E-state index < -0.39 is 10.0 Å². The van der Waals surface area contributed by atoms with E-state index in [1.807, 2.05) is 6.92 Å². The zero-order valence-electron chi connectivity index (χ0n) is 16.4. The summed E-state index contributed by atoms with van der Waals surface area (Å²) >= 11 is 0. The van der Waals surface area contributed by atoms with E-state index >= 15 is 0 Å². The Balaban J connectivity index is 1.96. The molecule has 2 aromatic heterocycles. The van der Waals surface area contributed by atoms with Crippen LogP contribution in [0, 0.1) is 12.7 Å². The molecule has 0 spiro atoms. The summed E-state index contributed by atoms with van der Waals surface area (Å²) in [4.78, 5) is 4.46. The number of aryl methyl sites for hydroxylation is 2. The van der Waals surface area contributed by atoms with Crippen molar-refractivity contribution in [2.75, 3.05) is 6.54 Å². The van der Waals surface area contributed by atoms with Gasteiger partial charge in [-0.3, -0.25) is 4.68 Å². The summed E-state index contributed by atoms with van der Waals surface area (Å²) in [5.41, 5.74) is 2.12. The number of sulfonamides is 1. The Morgan fingerprint density at radius 3 is 2.57 bits per heavy atom. The summed E-state index contributed by atoms with van der Waals surface area (Å²) in [6.07, 6.45) is 4.08. The lowest BCUT2D eigenvalue weighted by atomic mass is 10.2. The van der Waals surface area contributed by atoms with Crippen LogP contribution in [0.25, 0.3) is 11.0 Å². The van der Waals surface area contributed by atoms with Crippen LogP contribution in [-0.2, 0) is 23.6 Å². The van der Waals surface area contributed by atoms with Crippen LogP contribution in [0.3, 0.4) is 0 Å². The molecule has 0 atom stereocenters. The summed E-state index contributed by atoms with van der Waals surface area (Å²) in [5, 5.41) is 5.03. The number of halogens is 1. The summed E-state index contributed by atoms with van der Waals surface area (Å²) in [6.45, 7) is 4.49. The van der Waals surface area contributed by atoms with Crippen molar-refractivity contribution in [1.29, 1.82) is 0 Å². The molecule has 8 heteroatoms. The molecule has 3 aromatic rings. The van der Waals surface area contributed by atoms with E-state index in [4.69, 9.17) is 0 Å². The maximum atomic E-state index is 13.3. The average molecular weight is 405 g/mol. The van der Waals surface area contributed by atoms with Crippen molar-refractivity contribution in [3.63, 3.8) is 0 Å². The molecule has 0 aliphatic heterocycles. The number of fused-ring (bicyclic) bond motifs is 1. The number of pyridine rings is 1. The Labute approximate surface area is 165 Å². The second-order valence-corrected chi connectivity index (χ2v) is 8.86. The van der Waals surface area contributed by atoms with Gasteiger partial charge in [0.2, 0.25) is 10.0 Å². The van der Waals surface area contributed by atoms with Gasteiger partial charge in [0.25, 0.3) is 0 Å². The van der Waals surface area contributed by atoms with Gasteiger partial charge in [-0.2, -0.15) is 9.40 Å². The molecular formula is C20H25FN4O2S. The molecule has 2 heterocycles. The van der Waals surface area contributed by atoms with Gasteiger partial charge in [0.05, 0.1) is 5.69 Å². The van der Waals surface area contributed by atoms with Crippen LogP contribution in [0.4, 0.5) is 4.39 Å². The zero-order valence-corrected chi connectivity index (χ0v) is 17.2. The summed E-state index contributed by atoms with van der Waals surface area (Å²) in [6, 6.07) is 7.56. The molecule has 3 rings (SSSR count). The van der Waals surface area contributed by atoms with Crippen molar-refractivity contribution >= 4 is 21.1 Å². The molecule has 0 radical (unpaired) electrons. The number of hydrogen-bond acceptors (Lipinski definition) is 4. The standard InChI is InChI=1S/C20H25FN4O2S/c1-4-5-6-11-25(14-16-7-9-17(21)10-8-16)28(26,27)18-12-19-15(2)23-24(3)20(19)22-13-18/h7-10,12-13H,4-6,11,14H2,1-3H3. The van der Waals surface area contributed by atoms with Gasteiger partial charge in [-0.15, -0.1) is 0 Å². The first-order valence-electron chi connectivity index (χ1n) is 9.37. The number of rotatable bonds is 8. The molecule has 0 unspecified atom stereocenters. The quantitative estimate of drug-likeness (QED) is 0.536. The van der Waals surface area contributed by atoms with Gasteiger partial charge in [-0.25, -0.2) is 17.8 Å². The minimum absolute atomic E-state index is 0.148. The highest BCUT2D eigenvalue weighted by atomic mass is 32.2. The van der Waals surface area contributed by atoms with Crippen LogP contribution >= 0.6 is 0 Å². The molecule has 0 bridgehead atoms. The molecule has 0 aliphatic carbocycles. The number of benzene rings is 1. The fourth-order valence-corrected chi connectivity index (χ4v) is 4.63. The Morgan fingerprint density at radius 1 is 1.18 bits per heavy atom. The van der Waals surface area contributed by atoms with Crippen LogP contribution in [0.2, 0.25) is 0 Å². The minimum Gasteiger partial charge on any atom is -0.250 e. The summed E-state index contributed by atoms with van der Waals surface area (Å²) in [7, 11) is -1.97. The Kier molecular flexibility index (Phi) is 6.10. The molecular weight excluding hydrogens is 379 g/mol. The van der Waals surface area contributed by atoms with Crippen LogP contribution in [0.1, 0.15) is 37.4 Å². The van der Waals surface area contributed by atoms with Gasteiger partial charge in [-0.05, 0) is 37.1 Å². The predicted octanol–water partition coefficient (Wildman–Crippen LogP) is 3.80. The first kappa shape index (κ1) is 20.4. The van der Waals surface area contributed by atoms with Crippen molar-refractivity contribution in [2.24, 2.45) is 7.05 Å². The van der Waals surface area contributed by atoms with Crippen molar-refractivity contribution in [1.82, 2.24) is 19.1 Å². The van der Waals surface area contributed by atoms with Gasteiger partial charge in [0.15, 0.2) is 5.65 Å². The third-order valence-corrected chi connectivity index (χ3v) is 6.57. The van der Waals surface area contributed by atoms with Crippen LogP contribution in [-0.4, -0.2) is 34.0 Å². The molecule has 0 aliphatic rings. The van der Waals surface area contributed by atoms with E-state index in [2.05, 4.69) is 17.0 Å². The van der Waals surface area contributed by atoms with Crippen LogP contribution < -0.4 is 0 Å². The Bertz CT molecular complexity index is 1060. The monoisotopic (exact) mass is 404 g/mol. The van der Waals surface area contributed by atoms with E-state index in [-0.39, 0.29) is 17.3 Å². The van der Waals surface area contributed by atoms with Gasteiger partial charge in [-0.1, -0.05) is 31.9 Å². The molecule has 0 amide bonds. The molecule has 1 aromatic carbocycles. The maximum Gasteiger partial charge on any atom is 0.244 e. The molecule has 0 fully saturated rings. The number of unbranched alkanes of at least 4 members (excludes halogenated alkanes) is 2. The molecule has 6 nitrogen and oxygen atoms in total. The van der Waals surface area contributed by atoms with Crippen LogP contribution in [0.15, 0.2) is 41.4 Å². The minimum atomic E-state index is -3.75. The fourth-order valence-electron chi connectivity index (χ4n) is 3.19. The third kappa shape index (κ3) is 4.23. The second-order valence-electron chi connectivity index (χ2n) is 6.92. The second kappa shape index (κ2) is 8.36. The summed E-state index contributed by atoms with van der Waals surface area (Å²) in [5.74, 6) is -0.342. The lowest BCUT2D eigenvalue weighted by Crippen LogP contribution is -2.31. The molecule has 0 N–H and O–H groups in total. The smallest absolute Gasteiger partial charge is 0.244 e. The Morgan fingerprint density at radius 2 is 1.89 bits per heavy atom. The largest absolute Gasteiger partial charge is 0.250 e. The Hall–Kier alpha value is -2.32. The molecule has 28 heavy (non-hydrogen) atoms. The van der Waals surface area contributed by atoms with E-state index in [1.54, 1.807) is 29.9 Å². The first-order valence-corrected chi connectivity index (χ1v) is 10.8. The topological polar surface area (TPSA) is 68.1 Å².